The molecule has 11 heteroatoms. The van der Waals surface area contributed by atoms with Crippen molar-refractivity contribution in [1.82, 2.24) is 5.32 Å². The molecular formula is C7H18NO8P2+. The van der Waals surface area contributed by atoms with Crippen LogP contribution in [-0.2, 0) is 18.1 Å². The fourth-order valence-corrected chi connectivity index (χ4v) is 2.66. The number of hydrogen-bond donors (Lipinski definition) is 5. The summed E-state index contributed by atoms with van der Waals surface area (Å²) in [6.07, 6.45) is 0.477. The Kier molecular flexibility index (Phi) is 7.46. The van der Waals surface area contributed by atoms with E-state index in [9.17, 15) is 4.57 Å². The van der Waals surface area contributed by atoms with E-state index < -0.39 is 22.1 Å². The van der Waals surface area contributed by atoms with Crippen molar-refractivity contribution in [2.75, 3.05) is 6.61 Å². The predicted octanol–water partition coefficient (Wildman–Crippen LogP) is 0.259. The Balaban J connectivity index is 4.07. The highest BCUT2D eigenvalue weighted by Gasteiger charge is 2.48. The van der Waals surface area contributed by atoms with Crippen LogP contribution < -0.4 is 5.32 Å². The lowest BCUT2D eigenvalue weighted by molar-refractivity contribution is -0.0319. The second-order valence-corrected chi connectivity index (χ2v) is 6.19. The van der Waals surface area contributed by atoms with Crippen molar-refractivity contribution in [3.63, 3.8) is 0 Å². The summed E-state index contributed by atoms with van der Waals surface area (Å²) in [7, 11) is -9.59. The minimum absolute atomic E-state index is 0.316. The van der Waals surface area contributed by atoms with E-state index in [1.165, 1.54) is 6.20 Å². The van der Waals surface area contributed by atoms with Gasteiger partial charge < -0.3 is 19.8 Å². The van der Waals surface area contributed by atoms with E-state index in [0.29, 0.717) is 0 Å². The Labute approximate surface area is 105 Å². The number of rotatable bonds is 9. The summed E-state index contributed by atoms with van der Waals surface area (Å²) in [4.78, 5) is 35.0. The molecule has 108 valence electrons. The molecule has 0 aromatic heterocycles. The van der Waals surface area contributed by atoms with Crippen molar-refractivity contribution in [3.8, 4) is 0 Å². The molecule has 0 bridgehead atoms. The first kappa shape index (κ1) is 17.9. The molecule has 2 atom stereocenters. The molecule has 0 aromatic rings. The standard InChI is InChI=1S/C7H17NO8P2/c1-4-8-7(3)15-6(2)5-14-18(12,13)16-17(9,10)11/h4,6-8,12-13H,1,5H2,2-3H3,(H-,9,10,11)/p+1. The number of nitrogens with one attached hydrogen (secondary N) is 1. The maximum absolute atomic E-state index is 10.4. The van der Waals surface area contributed by atoms with Gasteiger partial charge in [-0.3, -0.25) is 0 Å². The minimum Gasteiger partial charge on any atom is -0.367 e. The first-order valence-electron chi connectivity index (χ1n) is 4.84. The summed E-state index contributed by atoms with van der Waals surface area (Å²) in [5.74, 6) is 0. The fourth-order valence-electron chi connectivity index (χ4n) is 0.957. The van der Waals surface area contributed by atoms with Crippen LogP contribution in [-0.4, -0.2) is 38.5 Å². The molecule has 18 heavy (non-hydrogen) atoms. The quantitative estimate of drug-likeness (QED) is 0.300. The molecule has 0 saturated heterocycles. The molecule has 0 saturated carbocycles. The van der Waals surface area contributed by atoms with Crippen LogP contribution in [0.1, 0.15) is 13.8 Å². The summed E-state index contributed by atoms with van der Waals surface area (Å²) in [5.41, 5.74) is 0. The summed E-state index contributed by atoms with van der Waals surface area (Å²) in [6, 6.07) is 0. The molecule has 0 fully saturated rings. The van der Waals surface area contributed by atoms with Gasteiger partial charge in [0.15, 0.2) is 0 Å². The SMILES string of the molecule is C=CNC(C)OC(C)CO[P+](O)(O)OP(=O)(O)O. The van der Waals surface area contributed by atoms with Gasteiger partial charge in [0.05, 0.1) is 6.10 Å². The highest BCUT2D eigenvalue weighted by Crippen LogP contribution is 2.63. The fraction of sp³-hybridized carbons (Fsp3) is 0.714. The second-order valence-electron chi connectivity index (χ2n) is 3.32. The van der Waals surface area contributed by atoms with Gasteiger partial charge in [-0.25, -0.2) is 4.57 Å². The van der Waals surface area contributed by atoms with Gasteiger partial charge in [-0.15, -0.1) is 0 Å². The largest absolute Gasteiger partial charge is 0.580 e. The third-order valence-electron chi connectivity index (χ3n) is 1.48. The maximum Gasteiger partial charge on any atom is 0.580 e. The van der Waals surface area contributed by atoms with Crippen molar-refractivity contribution in [2.24, 2.45) is 0 Å². The molecule has 0 radical (unpaired) electrons. The van der Waals surface area contributed by atoms with Crippen molar-refractivity contribution < 1.29 is 37.7 Å². The van der Waals surface area contributed by atoms with Crippen LogP contribution in [0.2, 0.25) is 0 Å². The molecule has 2 unspecified atom stereocenters. The van der Waals surface area contributed by atoms with Crippen molar-refractivity contribution in [1.29, 1.82) is 0 Å². The van der Waals surface area contributed by atoms with Crippen LogP contribution in [0.3, 0.4) is 0 Å². The highest BCUT2D eigenvalue weighted by molar-refractivity contribution is 7.64. The van der Waals surface area contributed by atoms with Crippen molar-refractivity contribution in [3.05, 3.63) is 12.8 Å². The molecule has 0 aliphatic carbocycles. The molecule has 9 nitrogen and oxygen atoms in total. The molecular weight excluding hydrogens is 288 g/mol. The molecule has 0 amide bonds. The zero-order valence-electron chi connectivity index (χ0n) is 9.96. The maximum atomic E-state index is 10.4. The second kappa shape index (κ2) is 7.49. The Bertz CT molecular complexity index is 306. The lowest BCUT2D eigenvalue weighted by atomic mass is 10.4. The minimum atomic E-state index is -5.03. The van der Waals surface area contributed by atoms with E-state index in [2.05, 4.69) is 20.7 Å². The smallest absolute Gasteiger partial charge is 0.367 e. The molecule has 0 aliphatic rings. The van der Waals surface area contributed by atoms with Gasteiger partial charge in [-0.05, 0) is 24.4 Å². The van der Waals surface area contributed by atoms with Gasteiger partial charge in [0.1, 0.15) is 12.8 Å². The van der Waals surface area contributed by atoms with Gasteiger partial charge >= 0.3 is 16.0 Å². The average molecular weight is 306 g/mol. The van der Waals surface area contributed by atoms with E-state index in [1.807, 2.05) is 0 Å². The predicted molar refractivity (Wildman–Crippen MR) is 63.8 cm³/mol. The van der Waals surface area contributed by atoms with Gasteiger partial charge in [-0.2, -0.15) is 14.3 Å². The Morgan fingerprint density at radius 2 is 2.00 bits per heavy atom. The highest BCUT2D eigenvalue weighted by atomic mass is 31.3. The third-order valence-corrected chi connectivity index (χ3v) is 3.67. The zero-order chi connectivity index (χ0) is 14.4. The van der Waals surface area contributed by atoms with Crippen LogP contribution in [0.4, 0.5) is 0 Å². The van der Waals surface area contributed by atoms with Crippen molar-refractivity contribution in [2.45, 2.75) is 26.2 Å². The van der Waals surface area contributed by atoms with Crippen LogP contribution in [0.5, 0.6) is 0 Å². The average Bonchev–Trinajstić information content (AvgIpc) is 2.11. The molecule has 0 aromatic carbocycles. The van der Waals surface area contributed by atoms with E-state index >= 15 is 0 Å². The van der Waals surface area contributed by atoms with Gasteiger partial charge in [0, 0.05) is 0 Å². The molecule has 0 aliphatic heterocycles. The Hall–Kier alpha value is -0.0800. The van der Waals surface area contributed by atoms with E-state index in [1.54, 1.807) is 13.8 Å². The zero-order valence-corrected chi connectivity index (χ0v) is 11.8. The van der Waals surface area contributed by atoms with E-state index in [0.717, 1.165) is 0 Å². The molecule has 5 N–H and O–H groups in total. The molecule has 0 rings (SSSR count). The van der Waals surface area contributed by atoms with Crippen molar-refractivity contribution >= 4 is 16.0 Å². The van der Waals surface area contributed by atoms with Gasteiger partial charge in [-0.1, -0.05) is 6.58 Å². The first-order chi connectivity index (χ1) is 8.06. The summed E-state index contributed by atoms with van der Waals surface area (Å²) >= 11 is 0. The monoisotopic (exact) mass is 306 g/mol. The van der Waals surface area contributed by atoms with Crippen LogP contribution in [0, 0.1) is 0 Å². The third kappa shape index (κ3) is 9.90. The normalized spacial score (nSPS) is 16.1. The Morgan fingerprint density at radius 3 is 2.44 bits per heavy atom. The Morgan fingerprint density at radius 1 is 1.44 bits per heavy atom. The van der Waals surface area contributed by atoms with Crippen LogP contribution in [0.15, 0.2) is 12.8 Å². The summed E-state index contributed by atoms with van der Waals surface area (Å²) in [5, 5.41) is 2.73. The number of hydrogen-bond acceptors (Lipinski definition) is 7. The van der Waals surface area contributed by atoms with Gasteiger partial charge in [0.2, 0.25) is 0 Å². The topological polar surface area (TPSA) is 138 Å². The lowest BCUT2D eigenvalue weighted by Crippen LogP contribution is -2.30. The first-order valence-corrected chi connectivity index (χ1v) is 7.90. The van der Waals surface area contributed by atoms with E-state index in [4.69, 9.17) is 24.3 Å². The van der Waals surface area contributed by atoms with E-state index in [-0.39, 0.29) is 12.8 Å². The molecule has 0 heterocycles. The lowest BCUT2D eigenvalue weighted by Gasteiger charge is -2.19. The van der Waals surface area contributed by atoms with Crippen LogP contribution >= 0.6 is 16.0 Å². The van der Waals surface area contributed by atoms with Gasteiger partial charge in [0.25, 0.3) is 0 Å². The number of ether oxygens (including phenoxy) is 1. The van der Waals surface area contributed by atoms with Crippen LogP contribution in [0.25, 0.3) is 0 Å². The number of phosphoric acid groups is 1. The summed E-state index contributed by atoms with van der Waals surface area (Å²) < 4.78 is 23.8. The molecule has 0 spiro atoms. The summed E-state index contributed by atoms with van der Waals surface area (Å²) in [6.45, 7) is 6.37.